The van der Waals surface area contributed by atoms with E-state index in [0.717, 1.165) is 38.9 Å². The number of nitrogens with zero attached hydrogens (tertiary/aromatic N) is 3. The Morgan fingerprint density at radius 3 is 3.00 bits per heavy atom. The minimum absolute atomic E-state index is 0.0711. The highest BCUT2D eigenvalue weighted by atomic mass is 35.5. The van der Waals surface area contributed by atoms with E-state index in [1.807, 2.05) is 0 Å². The number of hydrogen-bond donors (Lipinski definition) is 1. The summed E-state index contributed by atoms with van der Waals surface area (Å²) in [5.74, 6) is 0.643. The van der Waals surface area contributed by atoms with E-state index in [1.54, 1.807) is 0 Å². The van der Waals surface area contributed by atoms with Crippen molar-refractivity contribution in [1.82, 2.24) is 10.3 Å². The molecule has 0 spiro atoms. The molecule has 0 bridgehead atoms. The first kappa shape index (κ1) is 16.0. The number of nitrogens with one attached hydrogen (secondary N) is 1. The molecule has 0 radical (unpaired) electrons. The van der Waals surface area contributed by atoms with Crippen LogP contribution < -0.4 is 10.2 Å². The van der Waals surface area contributed by atoms with Gasteiger partial charge in [-0.15, -0.1) is 0 Å². The zero-order valence-corrected chi connectivity index (χ0v) is 13.0. The lowest BCUT2D eigenvalue weighted by molar-refractivity contribution is -0.385. The first-order valence-electron chi connectivity index (χ1n) is 7.40. The van der Waals surface area contributed by atoms with E-state index in [0.29, 0.717) is 16.9 Å². The molecule has 1 aliphatic rings. The molecular formula is C14H21ClN4O2. The molecule has 0 aliphatic carbocycles. The third-order valence-corrected chi connectivity index (χ3v) is 3.98. The smallest absolute Gasteiger partial charge is 0.289 e. The van der Waals surface area contributed by atoms with E-state index in [2.05, 4.69) is 22.1 Å². The van der Waals surface area contributed by atoms with Crippen molar-refractivity contribution < 1.29 is 4.92 Å². The van der Waals surface area contributed by atoms with Gasteiger partial charge < -0.3 is 10.2 Å². The number of hydrogen-bond acceptors (Lipinski definition) is 5. The molecule has 1 saturated heterocycles. The van der Waals surface area contributed by atoms with Gasteiger partial charge in [-0.3, -0.25) is 10.1 Å². The molecule has 1 aliphatic heterocycles. The molecule has 2 rings (SSSR count). The number of pyridine rings is 1. The van der Waals surface area contributed by atoms with Gasteiger partial charge in [-0.2, -0.15) is 0 Å². The second-order valence-electron chi connectivity index (χ2n) is 5.35. The van der Waals surface area contributed by atoms with Gasteiger partial charge in [0, 0.05) is 25.2 Å². The summed E-state index contributed by atoms with van der Waals surface area (Å²) in [5, 5.41) is 14.6. The van der Waals surface area contributed by atoms with Crippen LogP contribution in [0.5, 0.6) is 0 Å². The lowest BCUT2D eigenvalue weighted by Crippen LogP contribution is -2.38. The SMILES string of the molecule is CCCCN(CC1CCCN1)c1ncc([N+](=O)[O-])cc1Cl. The summed E-state index contributed by atoms with van der Waals surface area (Å²) in [6, 6.07) is 1.82. The van der Waals surface area contributed by atoms with Crippen LogP contribution in [0.2, 0.25) is 5.02 Å². The van der Waals surface area contributed by atoms with Crippen LogP contribution in [0.25, 0.3) is 0 Å². The highest BCUT2D eigenvalue weighted by Crippen LogP contribution is 2.28. The second-order valence-corrected chi connectivity index (χ2v) is 5.76. The van der Waals surface area contributed by atoms with Gasteiger partial charge in [0.15, 0.2) is 0 Å². The first-order valence-corrected chi connectivity index (χ1v) is 7.78. The average molecular weight is 313 g/mol. The minimum Gasteiger partial charge on any atom is -0.354 e. The molecule has 116 valence electrons. The summed E-state index contributed by atoms with van der Waals surface area (Å²) in [7, 11) is 0. The van der Waals surface area contributed by atoms with Crippen LogP contribution in [0, 0.1) is 10.1 Å². The molecule has 6 nitrogen and oxygen atoms in total. The predicted octanol–water partition coefficient (Wildman–Crippen LogP) is 3.00. The molecular weight excluding hydrogens is 292 g/mol. The summed E-state index contributed by atoms with van der Waals surface area (Å²) >= 11 is 6.20. The average Bonchev–Trinajstić information content (AvgIpc) is 2.96. The molecule has 0 saturated carbocycles. The zero-order chi connectivity index (χ0) is 15.2. The Morgan fingerprint density at radius 1 is 1.62 bits per heavy atom. The van der Waals surface area contributed by atoms with Crippen LogP contribution in [0.1, 0.15) is 32.6 Å². The van der Waals surface area contributed by atoms with Crippen LogP contribution >= 0.6 is 11.6 Å². The first-order chi connectivity index (χ1) is 10.1. The molecule has 21 heavy (non-hydrogen) atoms. The topological polar surface area (TPSA) is 71.3 Å². The maximum Gasteiger partial charge on any atom is 0.289 e. The molecule has 0 amide bonds. The van der Waals surface area contributed by atoms with Gasteiger partial charge in [-0.05, 0) is 25.8 Å². The fraction of sp³-hybridized carbons (Fsp3) is 0.643. The van der Waals surface area contributed by atoms with E-state index in [-0.39, 0.29) is 5.69 Å². The Kier molecular flexibility index (Phi) is 5.76. The minimum atomic E-state index is -0.475. The largest absolute Gasteiger partial charge is 0.354 e. The molecule has 7 heteroatoms. The van der Waals surface area contributed by atoms with E-state index in [4.69, 9.17) is 11.6 Å². The normalized spacial score (nSPS) is 17.9. The summed E-state index contributed by atoms with van der Waals surface area (Å²) in [6.45, 7) is 4.88. The van der Waals surface area contributed by atoms with Crippen molar-refractivity contribution in [2.45, 2.75) is 38.6 Å². The van der Waals surface area contributed by atoms with Crippen molar-refractivity contribution in [3.8, 4) is 0 Å². The van der Waals surface area contributed by atoms with Crippen molar-refractivity contribution in [3.05, 3.63) is 27.4 Å². The molecule has 1 unspecified atom stereocenters. The third kappa shape index (κ3) is 4.28. The Bertz CT molecular complexity index is 492. The Balaban J connectivity index is 2.16. The number of unbranched alkanes of at least 4 members (excludes halogenated alkanes) is 1. The number of rotatable bonds is 7. The molecule has 2 heterocycles. The Labute approximate surface area is 129 Å². The predicted molar refractivity (Wildman–Crippen MR) is 84.0 cm³/mol. The standard InChI is InChI=1S/C14H21ClN4O2/c1-2-3-7-18(10-11-5-4-6-16-11)14-13(15)8-12(9-17-14)19(20)21/h8-9,11,16H,2-7,10H2,1H3. The second kappa shape index (κ2) is 7.56. The van der Waals surface area contributed by atoms with Gasteiger partial charge in [-0.1, -0.05) is 24.9 Å². The van der Waals surface area contributed by atoms with E-state index in [9.17, 15) is 10.1 Å². The van der Waals surface area contributed by atoms with Crippen LogP contribution in [-0.2, 0) is 0 Å². The number of nitro groups is 1. The quantitative estimate of drug-likeness (QED) is 0.619. The maximum absolute atomic E-state index is 10.8. The van der Waals surface area contributed by atoms with Crippen LogP contribution in [0.3, 0.4) is 0 Å². The molecule has 1 atom stereocenters. The van der Waals surface area contributed by atoms with Crippen LogP contribution in [0.15, 0.2) is 12.3 Å². The number of anilines is 1. The van der Waals surface area contributed by atoms with Crippen molar-refractivity contribution in [1.29, 1.82) is 0 Å². The maximum atomic E-state index is 10.8. The molecule has 0 aromatic carbocycles. The van der Waals surface area contributed by atoms with E-state index in [1.165, 1.54) is 18.7 Å². The van der Waals surface area contributed by atoms with E-state index >= 15 is 0 Å². The van der Waals surface area contributed by atoms with Crippen molar-refractivity contribution in [2.24, 2.45) is 0 Å². The highest BCUT2D eigenvalue weighted by Gasteiger charge is 2.21. The van der Waals surface area contributed by atoms with Crippen molar-refractivity contribution >= 4 is 23.1 Å². The Morgan fingerprint density at radius 2 is 2.43 bits per heavy atom. The lowest BCUT2D eigenvalue weighted by atomic mass is 10.2. The number of aromatic nitrogens is 1. The molecule has 1 N–H and O–H groups in total. The highest BCUT2D eigenvalue weighted by molar-refractivity contribution is 6.33. The van der Waals surface area contributed by atoms with Crippen LogP contribution in [-0.4, -0.2) is 35.6 Å². The van der Waals surface area contributed by atoms with Gasteiger partial charge >= 0.3 is 0 Å². The lowest BCUT2D eigenvalue weighted by Gasteiger charge is -2.27. The zero-order valence-electron chi connectivity index (χ0n) is 12.2. The molecule has 1 aromatic rings. The fourth-order valence-corrected chi connectivity index (χ4v) is 2.84. The third-order valence-electron chi connectivity index (χ3n) is 3.70. The summed E-state index contributed by atoms with van der Waals surface area (Å²) in [4.78, 5) is 16.7. The van der Waals surface area contributed by atoms with Crippen molar-refractivity contribution in [2.75, 3.05) is 24.5 Å². The van der Waals surface area contributed by atoms with E-state index < -0.39 is 4.92 Å². The Hall–Kier alpha value is -1.40. The van der Waals surface area contributed by atoms with Crippen molar-refractivity contribution in [3.63, 3.8) is 0 Å². The number of halogens is 1. The van der Waals surface area contributed by atoms with Gasteiger partial charge in [0.1, 0.15) is 12.0 Å². The fourth-order valence-electron chi connectivity index (χ4n) is 2.56. The summed E-state index contributed by atoms with van der Waals surface area (Å²) in [5.41, 5.74) is -0.0711. The van der Waals surface area contributed by atoms with Gasteiger partial charge in [0.2, 0.25) is 0 Å². The van der Waals surface area contributed by atoms with Gasteiger partial charge in [0.25, 0.3) is 5.69 Å². The molecule has 1 aromatic heterocycles. The van der Waals surface area contributed by atoms with Gasteiger partial charge in [-0.25, -0.2) is 4.98 Å². The van der Waals surface area contributed by atoms with Gasteiger partial charge in [0.05, 0.1) is 9.95 Å². The summed E-state index contributed by atoms with van der Waals surface area (Å²) < 4.78 is 0. The molecule has 1 fully saturated rings. The summed E-state index contributed by atoms with van der Waals surface area (Å²) in [6.07, 6.45) is 5.74. The monoisotopic (exact) mass is 312 g/mol. The van der Waals surface area contributed by atoms with Crippen LogP contribution in [0.4, 0.5) is 11.5 Å².